The Morgan fingerprint density at radius 2 is 2.27 bits per heavy atom. The molecule has 0 spiro atoms. The van der Waals surface area contributed by atoms with Crippen molar-refractivity contribution in [3.05, 3.63) is 29.3 Å². The molecule has 0 aromatic heterocycles. The van der Waals surface area contributed by atoms with Gasteiger partial charge in [0.05, 0.1) is 19.3 Å². The molecule has 4 heteroatoms. The Bertz CT molecular complexity index is 386. The van der Waals surface area contributed by atoms with Crippen LogP contribution < -0.4 is 11.1 Å². The first-order chi connectivity index (χ1) is 7.18. The predicted octanol–water partition coefficient (Wildman–Crippen LogP) is 0.706. The number of carbonyl (C=O) groups is 1. The Morgan fingerprint density at radius 1 is 1.53 bits per heavy atom. The third-order valence-electron chi connectivity index (χ3n) is 2.59. The molecule has 1 fully saturated rings. The summed E-state index contributed by atoms with van der Waals surface area (Å²) in [6.45, 7) is 3.06. The minimum Gasteiger partial charge on any atom is -0.398 e. The third-order valence-corrected chi connectivity index (χ3v) is 2.59. The second-order valence-corrected chi connectivity index (χ2v) is 3.73. The molecule has 1 saturated heterocycles. The maximum Gasteiger partial charge on any atom is 0.252 e. The fourth-order valence-corrected chi connectivity index (χ4v) is 1.48. The van der Waals surface area contributed by atoms with Gasteiger partial charge in [0.25, 0.3) is 5.91 Å². The normalized spacial score (nSPS) is 15.8. The molecule has 0 bridgehead atoms. The van der Waals surface area contributed by atoms with Gasteiger partial charge in [0.2, 0.25) is 0 Å². The van der Waals surface area contributed by atoms with Gasteiger partial charge in [-0.05, 0) is 24.6 Å². The number of hydrogen-bond acceptors (Lipinski definition) is 3. The molecule has 1 aliphatic heterocycles. The molecule has 1 amide bonds. The van der Waals surface area contributed by atoms with Crippen LogP contribution in [-0.2, 0) is 4.74 Å². The van der Waals surface area contributed by atoms with Gasteiger partial charge >= 0.3 is 0 Å². The minimum atomic E-state index is -0.0758. The molecular weight excluding hydrogens is 192 g/mol. The summed E-state index contributed by atoms with van der Waals surface area (Å²) in [6.07, 6.45) is 0. The average Bonchev–Trinajstić information content (AvgIpc) is 2.15. The Labute approximate surface area is 88.4 Å². The largest absolute Gasteiger partial charge is 0.398 e. The molecule has 2 rings (SSSR count). The second-order valence-electron chi connectivity index (χ2n) is 3.73. The Morgan fingerprint density at radius 3 is 2.87 bits per heavy atom. The van der Waals surface area contributed by atoms with Crippen LogP contribution in [0.5, 0.6) is 0 Å². The van der Waals surface area contributed by atoms with Gasteiger partial charge in [-0.15, -0.1) is 0 Å². The zero-order valence-corrected chi connectivity index (χ0v) is 8.62. The molecule has 3 N–H and O–H groups in total. The maximum atomic E-state index is 11.8. The molecule has 0 aliphatic carbocycles. The van der Waals surface area contributed by atoms with Crippen molar-refractivity contribution in [2.24, 2.45) is 0 Å². The highest BCUT2D eigenvalue weighted by Crippen LogP contribution is 2.15. The van der Waals surface area contributed by atoms with E-state index in [2.05, 4.69) is 5.32 Å². The second kappa shape index (κ2) is 3.90. The molecule has 1 aromatic carbocycles. The van der Waals surface area contributed by atoms with Crippen molar-refractivity contribution in [1.82, 2.24) is 5.32 Å². The van der Waals surface area contributed by atoms with E-state index < -0.39 is 0 Å². The summed E-state index contributed by atoms with van der Waals surface area (Å²) >= 11 is 0. The summed E-state index contributed by atoms with van der Waals surface area (Å²) in [5.41, 5.74) is 7.85. The number of hydrogen-bond donors (Lipinski definition) is 2. The Balaban J connectivity index is 2.13. The van der Waals surface area contributed by atoms with Crippen LogP contribution in [0.15, 0.2) is 18.2 Å². The molecule has 1 aromatic rings. The van der Waals surface area contributed by atoms with E-state index in [0.29, 0.717) is 24.5 Å². The molecule has 0 unspecified atom stereocenters. The minimum absolute atomic E-state index is 0.0758. The lowest BCUT2D eigenvalue weighted by Gasteiger charge is -2.27. The van der Waals surface area contributed by atoms with Crippen molar-refractivity contribution < 1.29 is 9.53 Å². The lowest BCUT2D eigenvalue weighted by molar-refractivity contribution is -0.00347. The molecule has 15 heavy (non-hydrogen) atoms. The topological polar surface area (TPSA) is 64.4 Å². The van der Waals surface area contributed by atoms with Crippen LogP contribution in [0, 0.1) is 6.92 Å². The number of ether oxygens (including phenoxy) is 1. The highest BCUT2D eigenvalue weighted by Gasteiger charge is 2.21. The fourth-order valence-electron chi connectivity index (χ4n) is 1.48. The number of nitrogens with one attached hydrogen (secondary N) is 1. The molecule has 0 radical (unpaired) electrons. The molecule has 0 saturated carbocycles. The van der Waals surface area contributed by atoms with Crippen molar-refractivity contribution in [3.63, 3.8) is 0 Å². The molecule has 80 valence electrons. The zero-order chi connectivity index (χ0) is 10.8. The highest BCUT2D eigenvalue weighted by molar-refractivity contribution is 5.97. The molecular formula is C11H14N2O2. The van der Waals surface area contributed by atoms with Crippen molar-refractivity contribution in [3.8, 4) is 0 Å². The highest BCUT2D eigenvalue weighted by atomic mass is 16.5. The van der Waals surface area contributed by atoms with Crippen molar-refractivity contribution >= 4 is 11.6 Å². The van der Waals surface area contributed by atoms with Gasteiger partial charge in [0.15, 0.2) is 0 Å². The third kappa shape index (κ3) is 1.94. The number of nitrogen functional groups attached to an aromatic ring is 1. The quantitative estimate of drug-likeness (QED) is 0.700. The SMILES string of the molecule is Cc1c(N)cccc1C(=O)NC1COC1. The summed E-state index contributed by atoms with van der Waals surface area (Å²) in [5.74, 6) is -0.0758. The van der Waals surface area contributed by atoms with Crippen LogP contribution in [-0.4, -0.2) is 25.2 Å². The standard InChI is InChI=1S/C11H14N2O2/c1-7-9(3-2-4-10(7)12)11(14)13-8-5-15-6-8/h2-4,8H,5-6,12H2,1H3,(H,13,14). The van der Waals surface area contributed by atoms with Crippen LogP contribution in [0.4, 0.5) is 5.69 Å². The van der Waals surface area contributed by atoms with Crippen LogP contribution in [0.1, 0.15) is 15.9 Å². The number of amides is 1. The Kier molecular flexibility index (Phi) is 2.60. The van der Waals surface area contributed by atoms with Gasteiger partial charge in [-0.1, -0.05) is 6.07 Å². The van der Waals surface area contributed by atoms with Gasteiger partial charge in [0, 0.05) is 11.3 Å². The number of anilines is 1. The first-order valence-electron chi connectivity index (χ1n) is 4.92. The Hall–Kier alpha value is -1.55. The van der Waals surface area contributed by atoms with Crippen LogP contribution in [0.2, 0.25) is 0 Å². The number of benzene rings is 1. The van der Waals surface area contributed by atoms with E-state index in [-0.39, 0.29) is 11.9 Å². The summed E-state index contributed by atoms with van der Waals surface area (Å²) in [6, 6.07) is 5.51. The van der Waals surface area contributed by atoms with Gasteiger partial charge < -0.3 is 15.8 Å². The fraction of sp³-hybridized carbons (Fsp3) is 0.364. The van der Waals surface area contributed by atoms with E-state index in [1.165, 1.54) is 0 Å². The van der Waals surface area contributed by atoms with E-state index in [9.17, 15) is 4.79 Å². The van der Waals surface area contributed by atoms with Crippen LogP contribution in [0.25, 0.3) is 0 Å². The summed E-state index contributed by atoms with van der Waals surface area (Å²) in [7, 11) is 0. The number of rotatable bonds is 2. The predicted molar refractivity (Wildman–Crippen MR) is 57.7 cm³/mol. The van der Waals surface area contributed by atoms with Gasteiger partial charge in [-0.2, -0.15) is 0 Å². The van der Waals surface area contributed by atoms with Crippen molar-refractivity contribution in [2.45, 2.75) is 13.0 Å². The van der Waals surface area contributed by atoms with Gasteiger partial charge in [-0.25, -0.2) is 0 Å². The zero-order valence-electron chi connectivity index (χ0n) is 8.62. The van der Waals surface area contributed by atoms with E-state index in [4.69, 9.17) is 10.5 Å². The smallest absolute Gasteiger partial charge is 0.252 e. The van der Waals surface area contributed by atoms with Crippen molar-refractivity contribution in [1.29, 1.82) is 0 Å². The number of nitrogens with two attached hydrogens (primary N) is 1. The number of carbonyl (C=O) groups excluding carboxylic acids is 1. The summed E-state index contributed by atoms with van der Waals surface area (Å²) in [5, 5.41) is 2.88. The summed E-state index contributed by atoms with van der Waals surface area (Å²) < 4.78 is 4.99. The molecule has 1 aliphatic rings. The van der Waals surface area contributed by atoms with E-state index in [0.717, 1.165) is 5.56 Å². The molecule has 4 nitrogen and oxygen atoms in total. The first-order valence-corrected chi connectivity index (χ1v) is 4.92. The van der Waals surface area contributed by atoms with Crippen LogP contribution in [0.3, 0.4) is 0 Å². The van der Waals surface area contributed by atoms with E-state index >= 15 is 0 Å². The lowest BCUT2D eigenvalue weighted by atomic mass is 10.1. The average molecular weight is 206 g/mol. The van der Waals surface area contributed by atoms with Gasteiger partial charge in [-0.3, -0.25) is 4.79 Å². The maximum absolute atomic E-state index is 11.8. The van der Waals surface area contributed by atoms with Crippen LogP contribution >= 0.6 is 0 Å². The summed E-state index contributed by atoms with van der Waals surface area (Å²) in [4.78, 5) is 11.8. The molecule has 0 atom stereocenters. The lowest BCUT2D eigenvalue weighted by Crippen LogP contribution is -2.48. The monoisotopic (exact) mass is 206 g/mol. The van der Waals surface area contributed by atoms with E-state index in [1.807, 2.05) is 6.92 Å². The van der Waals surface area contributed by atoms with Crippen molar-refractivity contribution in [2.75, 3.05) is 18.9 Å². The first kappa shape index (κ1) is 9.98. The molecule has 1 heterocycles. The van der Waals surface area contributed by atoms with E-state index in [1.54, 1.807) is 18.2 Å². The van der Waals surface area contributed by atoms with Gasteiger partial charge in [0.1, 0.15) is 0 Å².